The third kappa shape index (κ3) is 5.99. The maximum Gasteiger partial charge on any atom is 0.161 e. The van der Waals surface area contributed by atoms with E-state index in [4.69, 9.17) is 21.1 Å². The lowest BCUT2D eigenvalue weighted by molar-refractivity contribution is 0.0253. The van der Waals surface area contributed by atoms with E-state index in [-0.39, 0.29) is 12.1 Å². The van der Waals surface area contributed by atoms with Gasteiger partial charge in [0, 0.05) is 19.1 Å². The number of hydrazine groups is 1. The Bertz CT molecular complexity index is 844. The Labute approximate surface area is 190 Å². The minimum atomic E-state index is -0.752. The second-order valence-electron chi connectivity index (χ2n) is 8.90. The lowest BCUT2D eigenvalue weighted by Gasteiger charge is -2.36. The summed E-state index contributed by atoms with van der Waals surface area (Å²) in [6, 6.07) is 15.7. The second kappa shape index (κ2) is 11.1. The summed E-state index contributed by atoms with van der Waals surface area (Å²) in [7, 11) is 0. The number of fused-ring (bicyclic) bond motifs is 1. The van der Waals surface area contributed by atoms with E-state index in [1.165, 1.54) is 18.4 Å². The number of ether oxygens (including phenoxy) is 2. The summed E-state index contributed by atoms with van der Waals surface area (Å²) < 4.78 is 11.3. The zero-order chi connectivity index (χ0) is 22.3. The molecule has 4 rings (SSSR count). The average molecular weight is 441 g/mol. The van der Waals surface area contributed by atoms with Crippen LogP contribution in [-0.4, -0.2) is 66.5 Å². The van der Waals surface area contributed by atoms with Gasteiger partial charge < -0.3 is 25.2 Å². The smallest absolute Gasteiger partial charge is 0.161 e. The third-order valence-corrected chi connectivity index (χ3v) is 6.43. The maximum absolute atomic E-state index is 11.3. The maximum atomic E-state index is 11.3. The van der Waals surface area contributed by atoms with Crippen LogP contribution in [0.4, 0.5) is 0 Å². The van der Waals surface area contributed by atoms with Crippen molar-refractivity contribution in [2.24, 2.45) is 11.6 Å². The first-order valence-corrected chi connectivity index (χ1v) is 11.7. The van der Waals surface area contributed by atoms with Crippen molar-refractivity contribution >= 4 is 0 Å². The molecule has 0 spiro atoms. The van der Waals surface area contributed by atoms with E-state index in [0.717, 1.165) is 37.2 Å². The molecule has 3 atom stereocenters. The van der Waals surface area contributed by atoms with Crippen LogP contribution in [-0.2, 0) is 6.42 Å². The van der Waals surface area contributed by atoms with E-state index in [9.17, 15) is 5.11 Å². The third-order valence-electron chi connectivity index (χ3n) is 6.43. The van der Waals surface area contributed by atoms with Gasteiger partial charge in [-0.3, -0.25) is 5.84 Å². The average Bonchev–Trinajstić information content (AvgIpc) is 3.34. The highest BCUT2D eigenvalue weighted by molar-refractivity contribution is 5.44. The lowest BCUT2D eigenvalue weighted by atomic mass is 9.99. The van der Waals surface area contributed by atoms with Crippen molar-refractivity contribution < 1.29 is 14.6 Å². The minimum absolute atomic E-state index is 0.0752. The molecule has 0 saturated carbocycles. The molecule has 2 aromatic carbocycles. The van der Waals surface area contributed by atoms with Crippen molar-refractivity contribution in [3.8, 4) is 11.5 Å². The van der Waals surface area contributed by atoms with Crippen molar-refractivity contribution in [2.75, 3.05) is 39.4 Å². The van der Waals surface area contributed by atoms with Crippen molar-refractivity contribution in [3.05, 3.63) is 59.7 Å². The molecule has 0 aliphatic carbocycles. The molecule has 0 amide bonds. The summed E-state index contributed by atoms with van der Waals surface area (Å²) in [5.74, 6) is 7.95. The zero-order valence-electron chi connectivity index (χ0n) is 18.7. The molecule has 0 radical (unpaired) electrons. The Morgan fingerprint density at radius 1 is 1.00 bits per heavy atom. The van der Waals surface area contributed by atoms with Crippen LogP contribution >= 0.6 is 0 Å². The molecule has 1 saturated heterocycles. The standard InChI is InChI=1S/C25H36N4O3/c26-21(10-8-19-6-2-1-3-7-19)17-29(27)22(18-28-12-4-5-13-28)25(30)20-9-11-23-24(16-20)32-15-14-31-23/h1-3,6-7,9,11,16,21-22,25,30H,4-5,8,10,12-15,17-18,26-27H2/t21?,22-,25-/m1/s1. The van der Waals surface area contributed by atoms with Crippen molar-refractivity contribution in [1.82, 2.24) is 9.91 Å². The largest absolute Gasteiger partial charge is 0.486 e. The zero-order valence-corrected chi connectivity index (χ0v) is 18.7. The fraction of sp³-hybridized carbons (Fsp3) is 0.520. The van der Waals surface area contributed by atoms with Gasteiger partial charge in [0.05, 0.1) is 12.1 Å². The molecule has 2 heterocycles. The van der Waals surface area contributed by atoms with E-state index in [0.29, 0.717) is 32.1 Å². The molecule has 7 nitrogen and oxygen atoms in total. The topological polar surface area (TPSA) is 97.2 Å². The van der Waals surface area contributed by atoms with Gasteiger partial charge >= 0.3 is 0 Å². The summed E-state index contributed by atoms with van der Waals surface area (Å²) >= 11 is 0. The highest BCUT2D eigenvalue weighted by atomic mass is 16.6. The van der Waals surface area contributed by atoms with Crippen LogP contribution in [0.1, 0.15) is 36.5 Å². The molecule has 174 valence electrons. The Morgan fingerprint density at radius 2 is 1.72 bits per heavy atom. The van der Waals surface area contributed by atoms with Crippen LogP contribution in [0, 0.1) is 0 Å². The van der Waals surface area contributed by atoms with Gasteiger partial charge in [-0.15, -0.1) is 0 Å². The van der Waals surface area contributed by atoms with Gasteiger partial charge in [0.25, 0.3) is 0 Å². The Hall–Kier alpha value is -2.16. The number of nitrogens with zero attached hydrogens (tertiary/aromatic N) is 2. The molecule has 2 aromatic rings. The van der Waals surface area contributed by atoms with E-state index < -0.39 is 6.10 Å². The van der Waals surface area contributed by atoms with Crippen LogP contribution in [0.15, 0.2) is 48.5 Å². The Morgan fingerprint density at radius 3 is 2.47 bits per heavy atom. The molecule has 2 aliphatic heterocycles. The Kier molecular flexibility index (Phi) is 8.00. The summed E-state index contributed by atoms with van der Waals surface area (Å²) in [4.78, 5) is 2.38. The number of hydrogen-bond donors (Lipinski definition) is 3. The van der Waals surface area contributed by atoms with E-state index in [1.807, 2.05) is 36.4 Å². The second-order valence-corrected chi connectivity index (χ2v) is 8.90. The summed E-state index contributed by atoms with van der Waals surface area (Å²) in [6.07, 6.45) is 3.38. The number of rotatable bonds is 10. The molecular formula is C25H36N4O3. The van der Waals surface area contributed by atoms with Gasteiger partial charge in [-0.05, 0) is 62.0 Å². The minimum Gasteiger partial charge on any atom is -0.486 e. The first-order chi connectivity index (χ1) is 15.6. The number of hydrogen-bond acceptors (Lipinski definition) is 7. The molecular weight excluding hydrogens is 404 g/mol. The fourth-order valence-corrected chi connectivity index (χ4v) is 4.58. The van der Waals surface area contributed by atoms with Crippen LogP contribution in [0.3, 0.4) is 0 Å². The molecule has 1 unspecified atom stereocenters. The lowest BCUT2D eigenvalue weighted by Crippen LogP contribution is -2.54. The van der Waals surface area contributed by atoms with Crippen LogP contribution in [0.25, 0.3) is 0 Å². The number of benzene rings is 2. The quantitative estimate of drug-likeness (QED) is 0.384. The summed E-state index contributed by atoms with van der Waals surface area (Å²) in [5, 5.41) is 13.1. The van der Waals surface area contributed by atoms with Crippen molar-refractivity contribution in [1.29, 1.82) is 0 Å². The predicted molar refractivity (Wildman–Crippen MR) is 125 cm³/mol. The van der Waals surface area contributed by atoms with E-state index in [2.05, 4.69) is 17.0 Å². The van der Waals surface area contributed by atoms with Crippen LogP contribution in [0.2, 0.25) is 0 Å². The van der Waals surface area contributed by atoms with Gasteiger partial charge in [-0.2, -0.15) is 0 Å². The molecule has 7 heteroatoms. The number of aliphatic hydroxyl groups excluding tert-OH is 1. The molecule has 5 N–H and O–H groups in total. The SMILES string of the molecule is NC(CCc1ccccc1)CN(N)[C@H](CN1CCCC1)[C@H](O)c1ccc2c(c1)OCCO2. The molecule has 0 bridgehead atoms. The van der Waals surface area contributed by atoms with Gasteiger partial charge in [-0.1, -0.05) is 36.4 Å². The number of aliphatic hydroxyl groups is 1. The van der Waals surface area contributed by atoms with Gasteiger partial charge in [0.1, 0.15) is 13.2 Å². The monoisotopic (exact) mass is 440 g/mol. The Balaban J connectivity index is 1.42. The highest BCUT2D eigenvalue weighted by Gasteiger charge is 2.30. The first-order valence-electron chi connectivity index (χ1n) is 11.7. The van der Waals surface area contributed by atoms with Crippen molar-refractivity contribution in [3.63, 3.8) is 0 Å². The molecule has 2 aliphatic rings. The molecule has 32 heavy (non-hydrogen) atoms. The fourth-order valence-electron chi connectivity index (χ4n) is 4.58. The molecule has 1 fully saturated rings. The number of nitrogens with two attached hydrogens (primary N) is 2. The number of aryl methyl sites for hydroxylation is 1. The van der Waals surface area contributed by atoms with Gasteiger partial charge in [0.2, 0.25) is 0 Å². The van der Waals surface area contributed by atoms with Gasteiger partial charge in [0.15, 0.2) is 11.5 Å². The van der Waals surface area contributed by atoms with Crippen LogP contribution in [0.5, 0.6) is 11.5 Å². The van der Waals surface area contributed by atoms with E-state index in [1.54, 1.807) is 5.01 Å². The summed E-state index contributed by atoms with van der Waals surface area (Å²) in [6.45, 7) is 4.37. The van der Waals surface area contributed by atoms with Crippen molar-refractivity contribution in [2.45, 2.75) is 43.9 Å². The van der Waals surface area contributed by atoms with Crippen LogP contribution < -0.4 is 21.1 Å². The summed E-state index contributed by atoms with van der Waals surface area (Å²) in [5.41, 5.74) is 8.50. The number of likely N-dealkylation sites (tertiary alicyclic amines) is 1. The normalized spacial score (nSPS) is 19.1. The molecule has 0 aromatic heterocycles. The highest BCUT2D eigenvalue weighted by Crippen LogP contribution is 2.34. The first kappa shape index (κ1) is 23.0. The van der Waals surface area contributed by atoms with Gasteiger partial charge in [-0.25, -0.2) is 5.01 Å². The predicted octanol–water partition coefficient (Wildman–Crippen LogP) is 2.09. The van der Waals surface area contributed by atoms with E-state index >= 15 is 0 Å².